The second-order valence-corrected chi connectivity index (χ2v) is 3.84. The fourth-order valence-electron chi connectivity index (χ4n) is 1.48. The maximum Gasteiger partial charge on any atom is 0.319 e. The lowest BCUT2D eigenvalue weighted by Crippen LogP contribution is -2.36. The molecular formula is C12H18N4O2. The summed E-state index contributed by atoms with van der Waals surface area (Å²) >= 11 is 0. The third-order valence-corrected chi connectivity index (χ3v) is 2.28. The zero-order chi connectivity index (χ0) is 13.5. The molecule has 1 aromatic rings. The van der Waals surface area contributed by atoms with Gasteiger partial charge in [0.15, 0.2) is 0 Å². The highest BCUT2D eigenvalue weighted by Gasteiger charge is 2.10. The zero-order valence-corrected chi connectivity index (χ0v) is 10.6. The Morgan fingerprint density at radius 3 is 2.33 bits per heavy atom. The van der Waals surface area contributed by atoms with Crippen LogP contribution in [0.4, 0.5) is 16.2 Å². The fraction of sp³-hybridized carbons (Fsp3) is 0.333. The molecule has 0 saturated heterocycles. The summed E-state index contributed by atoms with van der Waals surface area (Å²) < 4.78 is 0. The van der Waals surface area contributed by atoms with E-state index in [1.165, 1.54) is 11.8 Å². The standard InChI is InChI=1S/C12H18N4O2/c1-3-8-16(12(13)18)11-6-4-10(5-7-11)15-14-9(2)17/h4-7,15H,3,8H2,1-2H3,(H2,13,18)(H,14,17). The highest BCUT2D eigenvalue weighted by molar-refractivity contribution is 5.90. The monoisotopic (exact) mass is 250 g/mol. The molecule has 0 aliphatic rings. The SMILES string of the molecule is CCCN(C(N)=O)c1ccc(NNC(C)=O)cc1. The summed E-state index contributed by atoms with van der Waals surface area (Å²) in [6.45, 7) is 3.97. The van der Waals surface area contributed by atoms with Crippen LogP contribution in [0.1, 0.15) is 20.3 Å². The maximum absolute atomic E-state index is 11.3. The van der Waals surface area contributed by atoms with Crippen molar-refractivity contribution in [1.82, 2.24) is 5.43 Å². The number of anilines is 2. The van der Waals surface area contributed by atoms with Crippen LogP contribution in [0.25, 0.3) is 0 Å². The molecular weight excluding hydrogens is 232 g/mol. The van der Waals surface area contributed by atoms with Gasteiger partial charge < -0.3 is 5.73 Å². The molecule has 18 heavy (non-hydrogen) atoms. The van der Waals surface area contributed by atoms with Crippen LogP contribution < -0.4 is 21.5 Å². The maximum atomic E-state index is 11.3. The Morgan fingerprint density at radius 1 is 1.28 bits per heavy atom. The summed E-state index contributed by atoms with van der Waals surface area (Å²) in [5.74, 6) is -0.177. The van der Waals surface area contributed by atoms with Gasteiger partial charge in [-0.1, -0.05) is 6.92 Å². The van der Waals surface area contributed by atoms with Gasteiger partial charge in [-0.05, 0) is 30.7 Å². The molecule has 1 aromatic carbocycles. The topological polar surface area (TPSA) is 87.5 Å². The van der Waals surface area contributed by atoms with Crippen molar-refractivity contribution >= 4 is 23.3 Å². The number of hydrazine groups is 1. The number of urea groups is 1. The molecule has 0 saturated carbocycles. The number of primary amides is 1. The number of rotatable bonds is 5. The molecule has 0 heterocycles. The van der Waals surface area contributed by atoms with Crippen molar-refractivity contribution < 1.29 is 9.59 Å². The number of carbonyl (C=O) groups is 2. The van der Waals surface area contributed by atoms with Gasteiger partial charge in [0, 0.05) is 19.2 Å². The highest BCUT2D eigenvalue weighted by Crippen LogP contribution is 2.17. The van der Waals surface area contributed by atoms with E-state index < -0.39 is 6.03 Å². The number of nitrogens with two attached hydrogens (primary N) is 1. The molecule has 3 amide bonds. The summed E-state index contributed by atoms with van der Waals surface area (Å²) in [5.41, 5.74) is 12.0. The van der Waals surface area contributed by atoms with Gasteiger partial charge in [-0.15, -0.1) is 0 Å². The average Bonchev–Trinajstić information content (AvgIpc) is 2.34. The molecule has 0 aromatic heterocycles. The van der Waals surface area contributed by atoms with E-state index in [2.05, 4.69) is 10.9 Å². The summed E-state index contributed by atoms with van der Waals surface area (Å²) in [5, 5.41) is 0. The Hall–Kier alpha value is -2.24. The van der Waals surface area contributed by atoms with Crippen LogP contribution >= 0.6 is 0 Å². The number of hydrogen-bond acceptors (Lipinski definition) is 3. The smallest absolute Gasteiger partial charge is 0.319 e. The third-order valence-electron chi connectivity index (χ3n) is 2.28. The minimum absolute atomic E-state index is 0.177. The lowest BCUT2D eigenvalue weighted by atomic mass is 10.2. The molecule has 0 spiro atoms. The predicted molar refractivity (Wildman–Crippen MR) is 71.1 cm³/mol. The highest BCUT2D eigenvalue weighted by atomic mass is 16.2. The van der Waals surface area contributed by atoms with E-state index in [9.17, 15) is 9.59 Å². The minimum atomic E-state index is -0.473. The molecule has 98 valence electrons. The van der Waals surface area contributed by atoms with E-state index in [-0.39, 0.29) is 5.91 Å². The Bertz CT molecular complexity index is 417. The van der Waals surface area contributed by atoms with E-state index in [0.29, 0.717) is 6.54 Å². The molecule has 0 bridgehead atoms. The molecule has 0 atom stereocenters. The molecule has 0 aliphatic heterocycles. The van der Waals surface area contributed by atoms with E-state index in [1.807, 2.05) is 6.92 Å². The van der Waals surface area contributed by atoms with Gasteiger partial charge in [0.1, 0.15) is 0 Å². The summed E-state index contributed by atoms with van der Waals surface area (Å²) in [4.78, 5) is 23.5. The molecule has 0 unspecified atom stereocenters. The van der Waals surface area contributed by atoms with Gasteiger partial charge in [0.05, 0.1) is 5.69 Å². The molecule has 0 radical (unpaired) electrons. The van der Waals surface area contributed by atoms with Crippen LogP contribution in [-0.2, 0) is 4.79 Å². The quantitative estimate of drug-likeness (QED) is 0.691. The first-order chi connectivity index (χ1) is 8.54. The number of hydrogen-bond donors (Lipinski definition) is 3. The van der Waals surface area contributed by atoms with Gasteiger partial charge in [-0.25, -0.2) is 4.79 Å². The van der Waals surface area contributed by atoms with Gasteiger partial charge in [-0.2, -0.15) is 0 Å². The van der Waals surface area contributed by atoms with Crippen LogP contribution in [0.5, 0.6) is 0 Å². The van der Waals surface area contributed by atoms with Gasteiger partial charge >= 0.3 is 6.03 Å². The van der Waals surface area contributed by atoms with Gasteiger partial charge in [0.25, 0.3) is 0 Å². The minimum Gasteiger partial charge on any atom is -0.351 e. The molecule has 0 fully saturated rings. The number of carbonyl (C=O) groups excluding carboxylic acids is 2. The first kappa shape index (κ1) is 13.8. The predicted octanol–water partition coefficient (Wildman–Crippen LogP) is 1.44. The summed E-state index contributed by atoms with van der Waals surface area (Å²) in [7, 11) is 0. The van der Waals surface area contributed by atoms with Crippen molar-refractivity contribution in [3.63, 3.8) is 0 Å². The van der Waals surface area contributed by atoms with Crippen molar-refractivity contribution in [2.75, 3.05) is 16.9 Å². The van der Waals surface area contributed by atoms with Crippen LogP contribution in [0.3, 0.4) is 0 Å². The van der Waals surface area contributed by atoms with Crippen molar-refractivity contribution in [2.45, 2.75) is 20.3 Å². The van der Waals surface area contributed by atoms with Crippen LogP contribution in [-0.4, -0.2) is 18.5 Å². The summed E-state index contributed by atoms with van der Waals surface area (Å²) in [6, 6.07) is 6.59. The van der Waals surface area contributed by atoms with Crippen molar-refractivity contribution in [1.29, 1.82) is 0 Å². The number of amides is 3. The van der Waals surface area contributed by atoms with Gasteiger partial charge in [-0.3, -0.25) is 20.5 Å². The lowest BCUT2D eigenvalue weighted by molar-refractivity contribution is -0.118. The lowest BCUT2D eigenvalue weighted by Gasteiger charge is -2.20. The number of nitrogens with zero attached hydrogens (tertiary/aromatic N) is 1. The average molecular weight is 250 g/mol. The number of nitrogens with one attached hydrogen (secondary N) is 2. The molecule has 0 aliphatic carbocycles. The first-order valence-electron chi connectivity index (χ1n) is 5.74. The molecule has 6 heteroatoms. The normalized spacial score (nSPS) is 9.67. The second-order valence-electron chi connectivity index (χ2n) is 3.84. The van der Waals surface area contributed by atoms with Crippen LogP contribution in [0.15, 0.2) is 24.3 Å². The zero-order valence-electron chi connectivity index (χ0n) is 10.6. The van der Waals surface area contributed by atoms with E-state index >= 15 is 0 Å². The molecule has 1 rings (SSSR count). The van der Waals surface area contributed by atoms with E-state index in [4.69, 9.17) is 5.73 Å². The molecule has 6 nitrogen and oxygen atoms in total. The largest absolute Gasteiger partial charge is 0.351 e. The van der Waals surface area contributed by atoms with Crippen molar-refractivity contribution in [2.24, 2.45) is 5.73 Å². The first-order valence-corrected chi connectivity index (χ1v) is 5.74. The Labute approximate surface area is 106 Å². The van der Waals surface area contributed by atoms with Crippen molar-refractivity contribution in [3.05, 3.63) is 24.3 Å². The Balaban J connectivity index is 2.73. The molecule has 4 N–H and O–H groups in total. The number of benzene rings is 1. The van der Waals surface area contributed by atoms with E-state index in [1.54, 1.807) is 24.3 Å². The van der Waals surface area contributed by atoms with Crippen LogP contribution in [0, 0.1) is 0 Å². The van der Waals surface area contributed by atoms with Crippen molar-refractivity contribution in [3.8, 4) is 0 Å². The third kappa shape index (κ3) is 3.97. The van der Waals surface area contributed by atoms with E-state index in [0.717, 1.165) is 17.8 Å². The Morgan fingerprint density at radius 2 is 1.89 bits per heavy atom. The fourth-order valence-corrected chi connectivity index (χ4v) is 1.48. The summed E-state index contributed by atoms with van der Waals surface area (Å²) in [6.07, 6.45) is 0.828. The van der Waals surface area contributed by atoms with Gasteiger partial charge in [0.2, 0.25) is 5.91 Å². The van der Waals surface area contributed by atoms with Crippen LogP contribution in [0.2, 0.25) is 0 Å². The Kier molecular flexibility index (Phi) is 4.98. The second kappa shape index (κ2) is 6.48.